The number of benzene rings is 1. The Labute approximate surface area is 99.9 Å². The van der Waals surface area contributed by atoms with Crippen LogP contribution in [0.15, 0.2) is 28.7 Å². The zero-order chi connectivity index (χ0) is 12.0. The van der Waals surface area contributed by atoms with Crippen LogP contribution in [0.1, 0.15) is 0 Å². The molecule has 0 fully saturated rings. The zero-order valence-electron chi connectivity index (χ0n) is 8.35. The monoisotopic (exact) mass is 297 g/mol. The van der Waals surface area contributed by atoms with Gasteiger partial charge in [-0.3, -0.25) is 0 Å². The Hall–Kier alpha value is -0.750. The Morgan fingerprint density at radius 1 is 1.31 bits per heavy atom. The van der Waals surface area contributed by atoms with Gasteiger partial charge in [0.1, 0.15) is 12.4 Å². The third-order valence-electron chi connectivity index (χ3n) is 1.67. The van der Waals surface area contributed by atoms with Crippen LogP contribution in [-0.2, 0) is 0 Å². The molecular weight excluding hydrogens is 287 g/mol. The van der Waals surface area contributed by atoms with E-state index in [1.165, 1.54) is 0 Å². The normalized spacial score (nSPS) is 11.5. The predicted molar refractivity (Wildman–Crippen MR) is 58.6 cm³/mol. The van der Waals surface area contributed by atoms with E-state index in [-0.39, 0.29) is 13.2 Å². The van der Waals surface area contributed by atoms with Gasteiger partial charge in [-0.2, -0.15) is 13.2 Å². The lowest BCUT2D eigenvalue weighted by molar-refractivity contribution is -0.124. The van der Waals surface area contributed by atoms with E-state index < -0.39 is 12.7 Å². The minimum Gasteiger partial charge on any atom is -0.492 e. The van der Waals surface area contributed by atoms with Crippen molar-refractivity contribution in [3.8, 4) is 5.75 Å². The molecule has 1 rings (SSSR count). The third kappa shape index (κ3) is 5.97. The van der Waals surface area contributed by atoms with E-state index in [1.807, 2.05) is 6.07 Å². The highest BCUT2D eigenvalue weighted by molar-refractivity contribution is 9.10. The second-order valence-corrected chi connectivity index (χ2v) is 4.01. The van der Waals surface area contributed by atoms with Crippen molar-refractivity contribution in [1.29, 1.82) is 0 Å². The summed E-state index contributed by atoms with van der Waals surface area (Å²) < 4.78 is 41.4. The van der Waals surface area contributed by atoms with Crippen LogP contribution in [0.25, 0.3) is 0 Å². The standard InChI is InChI=1S/C10H11BrF3NO/c11-8-2-1-3-9(6-8)16-5-4-15-7-10(12,13)14/h1-3,6,15H,4-5,7H2. The van der Waals surface area contributed by atoms with E-state index in [9.17, 15) is 13.2 Å². The van der Waals surface area contributed by atoms with Crippen molar-refractivity contribution in [1.82, 2.24) is 5.32 Å². The van der Waals surface area contributed by atoms with Gasteiger partial charge in [0.15, 0.2) is 0 Å². The summed E-state index contributed by atoms with van der Waals surface area (Å²) in [6.45, 7) is -0.632. The van der Waals surface area contributed by atoms with Gasteiger partial charge in [0, 0.05) is 11.0 Å². The molecule has 6 heteroatoms. The zero-order valence-corrected chi connectivity index (χ0v) is 9.94. The molecule has 0 spiro atoms. The molecule has 0 aromatic heterocycles. The average molecular weight is 298 g/mol. The third-order valence-corrected chi connectivity index (χ3v) is 2.16. The number of hydrogen-bond acceptors (Lipinski definition) is 2. The number of ether oxygens (including phenoxy) is 1. The van der Waals surface area contributed by atoms with E-state index in [1.54, 1.807) is 18.2 Å². The molecule has 1 N–H and O–H groups in total. The Bertz CT molecular complexity index is 330. The van der Waals surface area contributed by atoms with Crippen LogP contribution in [-0.4, -0.2) is 25.9 Å². The molecule has 0 atom stereocenters. The number of hydrogen-bond donors (Lipinski definition) is 1. The molecule has 0 bridgehead atoms. The van der Waals surface area contributed by atoms with Crippen molar-refractivity contribution in [2.45, 2.75) is 6.18 Å². The van der Waals surface area contributed by atoms with E-state index in [0.29, 0.717) is 5.75 Å². The van der Waals surface area contributed by atoms with Gasteiger partial charge < -0.3 is 10.1 Å². The summed E-state index contributed by atoms with van der Waals surface area (Å²) in [6.07, 6.45) is -4.17. The first-order valence-electron chi connectivity index (χ1n) is 4.63. The maximum atomic E-state index is 11.7. The smallest absolute Gasteiger partial charge is 0.401 e. The molecule has 0 saturated heterocycles. The molecule has 2 nitrogen and oxygen atoms in total. The Morgan fingerprint density at radius 3 is 2.69 bits per heavy atom. The maximum absolute atomic E-state index is 11.7. The molecule has 0 heterocycles. The first-order valence-corrected chi connectivity index (χ1v) is 5.42. The van der Waals surface area contributed by atoms with Gasteiger partial charge in [-0.15, -0.1) is 0 Å². The molecule has 0 aliphatic carbocycles. The van der Waals surface area contributed by atoms with E-state index in [2.05, 4.69) is 21.2 Å². The van der Waals surface area contributed by atoms with Gasteiger partial charge in [-0.05, 0) is 18.2 Å². The lowest BCUT2D eigenvalue weighted by Gasteiger charge is -2.09. The molecular formula is C10H11BrF3NO. The van der Waals surface area contributed by atoms with Gasteiger partial charge >= 0.3 is 6.18 Å². The minimum atomic E-state index is -4.17. The van der Waals surface area contributed by atoms with Gasteiger partial charge in [-0.25, -0.2) is 0 Å². The SMILES string of the molecule is FC(F)(F)CNCCOc1cccc(Br)c1. The average Bonchev–Trinajstić information content (AvgIpc) is 2.15. The van der Waals surface area contributed by atoms with E-state index >= 15 is 0 Å². The highest BCUT2D eigenvalue weighted by atomic mass is 79.9. The first-order chi connectivity index (χ1) is 7.47. The number of nitrogens with one attached hydrogen (secondary N) is 1. The highest BCUT2D eigenvalue weighted by Crippen LogP contribution is 2.17. The fourth-order valence-corrected chi connectivity index (χ4v) is 1.41. The molecule has 1 aromatic rings. The van der Waals surface area contributed by atoms with Crippen LogP contribution in [0.2, 0.25) is 0 Å². The van der Waals surface area contributed by atoms with Gasteiger partial charge in [0.2, 0.25) is 0 Å². The van der Waals surface area contributed by atoms with Crippen LogP contribution >= 0.6 is 15.9 Å². The Kier molecular flexibility index (Phi) is 5.08. The minimum absolute atomic E-state index is 0.159. The molecule has 16 heavy (non-hydrogen) atoms. The van der Waals surface area contributed by atoms with Crippen molar-refractivity contribution < 1.29 is 17.9 Å². The van der Waals surface area contributed by atoms with Crippen molar-refractivity contribution in [3.05, 3.63) is 28.7 Å². The van der Waals surface area contributed by atoms with Crippen LogP contribution in [0.3, 0.4) is 0 Å². The van der Waals surface area contributed by atoms with Crippen molar-refractivity contribution in [3.63, 3.8) is 0 Å². The summed E-state index contributed by atoms with van der Waals surface area (Å²) in [4.78, 5) is 0. The summed E-state index contributed by atoms with van der Waals surface area (Å²) in [5.41, 5.74) is 0. The molecule has 0 aliphatic heterocycles. The summed E-state index contributed by atoms with van der Waals surface area (Å²) in [6, 6.07) is 7.13. The summed E-state index contributed by atoms with van der Waals surface area (Å²) in [5, 5.41) is 2.25. The highest BCUT2D eigenvalue weighted by Gasteiger charge is 2.25. The molecule has 0 amide bonds. The van der Waals surface area contributed by atoms with Crippen molar-refractivity contribution >= 4 is 15.9 Å². The quantitative estimate of drug-likeness (QED) is 0.844. The first kappa shape index (κ1) is 13.3. The lowest BCUT2D eigenvalue weighted by Crippen LogP contribution is -2.31. The van der Waals surface area contributed by atoms with Crippen LogP contribution in [0.5, 0.6) is 5.75 Å². The Balaban J connectivity index is 2.17. The van der Waals surface area contributed by atoms with E-state index in [4.69, 9.17) is 4.74 Å². The topological polar surface area (TPSA) is 21.3 Å². The molecule has 90 valence electrons. The summed E-state index contributed by atoms with van der Waals surface area (Å²) in [5.74, 6) is 0.628. The largest absolute Gasteiger partial charge is 0.492 e. The second-order valence-electron chi connectivity index (χ2n) is 3.10. The molecule has 0 saturated carbocycles. The molecule has 0 unspecified atom stereocenters. The molecule has 0 aliphatic rings. The van der Waals surface area contributed by atoms with Crippen LogP contribution < -0.4 is 10.1 Å². The fourth-order valence-electron chi connectivity index (χ4n) is 1.03. The van der Waals surface area contributed by atoms with Gasteiger partial charge in [-0.1, -0.05) is 22.0 Å². The fraction of sp³-hybridized carbons (Fsp3) is 0.400. The van der Waals surface area contributed by atoms with Crippen molar-refractivity contribution in [2.75, 3.05) is 19.7 Å². The molecule has 0 radical (unpaired) electrons. The number of alkyl halides is 3. The summed E-state index contributed by atoms with van der Waals surface area (Å²) >= 11 is 3.27. The predicted octanol–water partition coefficient (Wildman–Crippen LogP) is 2.98. The van der Waals surface area contributed by atoms with Gasteiger partial charge in [0.05, 0.1) is 6.54 Å². The Morgan fingerprint density at radius 2 is 2.06 bits per heavy atom. The van der Waals surface area contributed by atoms with Crippen LogP contribution in [0, 0.1) is 0 Å². The van der Waals surface area contributed by atoms with Gasteiger partial charge in [0.25, 0.3) is 0 Å². The maximum Gasteiger partial charge on any atom is 0.401 e. The van der Waals surface area contributed by atoms with Crippen LogP contribution in [0.4, 0.5) is 13.2 Å². The van der Waals surface area contributed by atoms with Crippen molar-refractivity contribution in [2.24, 2.45) is 0 Å². The lowest BCUT2D eigenvalue weighted by atomic mass is 10.3. The molecule has 1 aromatic carbocycles. The second kappa shape index (κ2) is 6.10. The van der Waals surface area contributed by atoms with E-state index in [0.717, 1.165) is 4.47 Å². The summed E-state index contributed by atoms with van der Waals surface area (Å²) in [7, 11) is 0. The number of rotatable bonds is 5. The number of halogens is 4.